The number of hydrogen-bond acceptors (Lipinski definition) is 3. The van der Waals surface area contributed by atoms with Gasteiger partial charge in [0.15, 0.2) is 0 Å². The standard InChI is InChI=1S/C18H27N3O/c1-14(2)15-8-11-20(12-15)13-16-6-5-7-17(19-16)18(22)21-9-3-4-10-21/h5-7,14-15H,3-4,8-13H2,1-2H3/t15-/m0/s1. The minimum atomic E-state index is 0.0980. The Hall–Kier alpha value is -1.42. The van der Waals surface area contributed by atoms with E-state index in [0.29, 0.717) is 5.69 Å². The summed E-state index contributed by atoms with van der Waals surface area (Å²) >= 11 is 0. The maximum absolute atomic E-state index is 12.4. The van der Waals surface area contributed by atoms with Gasteiger partial charge in [-0.05, 0) is 49.8 Å². The molecule has 2 fully saturated rings. The van der Waals surface area contributed by atoms with Gasteiger partial charge in [-0.15, -0.1) is 0 Å². The van der Waals surface area contributed by atoms with Crippen molar-refractivity contribution in [3.8, 4) is 0 Å². The van der Waals surface area contributed by atoms with Gasteiger partial charge in [-0.2, -0.15) is 0 Å². The highest BCUT2D eigenvalue weighted by Crippen LogP contribution is 2.24. The zero-order chi connectivity index (χ0) is 15.5. The van der Waals surface area contributed by atoms with E-state index in [2.05, 4.69) is 23.7 Å². The van der Waals surface area contributed by atoms with Crippen LogP contribution >= 0.6 is 0 Å². The molecule has 0 aromatic carbocycles. The summed E-state index contributed by atoms with van der Waals surface area (Å²) in [5, 5.41) is 0. The van der Waals surface area contributed by atoms with E-state index in [0.717, 1.165) is 63.1 Å². The third-order valence-electron chi connectivity index (χ3n) is 5.06. The normalized spacial score (nSPS) is 22.7. The molecule has 3 rings (SSSR count). The molecule has 0 saturated carbocycles. The Kier molecular flexibility index (Phi) is 4.77. The van der Waals surface area contributed by atoms with Crippen LogP contribution in [0.4, 0.5) is 0 Å². The lowest BCUT2D eigenvalue weighted by Gasteiger charge is -2.18. The van der Waals surface area contributed by atoms with Crippen molar-refractivity contribution in [3.05, 3.63) is 29.6 Å². The van der Waals surface area contributed by atoms with Gasteiger partial charge in [0.05, 0.1) is 5.69 Å². The van der Waals surface area contributed by atoms with Gasteiger partial charge in [0.2, 0.25) is 0 Å². The van der Waals surface area contributed by atoms with Crippen LogP contribution in [0, 0.1) is 11.8 Å². The number of carbonyl (C=O) groups excluding carboxylic acids is 1. The first-order chi connectivity index (χ1) is 10.6. The predicted molar refractivity (Wildman–Crippen MR) is 87.6 cm³/mol. The van der Waals surface area contributed by atoms with Gasteiger partial charge in [-0.3, -0.25) is 9.69 Å². The van der Waals surface area contributed by atoms with E-state index < -0.39 is 0 Å². The lowest BCUT2D eigenvalue weighted by Crippen LogP contribution is -2.29. The molecule has 1 amide bonds. The van der Waals surface area contributed by atoms with Crippen LogP contribution in [0.25, 0.3) is 0 Å². The summed E-state index contributed by atoms with van der Waals surface area (Å²) in [5.74, 6) is 1.65. The second kappa shape index (κ2) is 6.78. The van der Waals surface area contributed by atoms with Crippen LogP contribution in [-0.2, 0) is 6.54 Å². The molecule has 2 aliphatic heterocycles. The molecule has 1 aromatic heterocycles. The van der Waals surface area contributed by atoms with Crippen molar-refractivity contribution in [1.82, 2.24) is 14.8 Å². The summed E-state index contributed by atoms with van der Waals surface area (Å²) in [6, 6.07) is 5.87. The lowest BCUT2D eigenvalue weighted by molar-refractivity contribution is 0.0786. The SMILES string of the molecule is CC(C)[C@H]1CCN(Cc2cccc(C(=O)N3CCCC3)n2)C1. The Morgan fingerprint density at radius 2 is 2.05 bits per heavy atom. The van der Waals surface area contributed by atoms with Gasteiger partial charge in [0.1, 0.15) is 5.69 Å². The second-order valence-corrected chi connectivity index (χ2v) is 7.04. The first-order valence-corrected chi connectivity index (χ1v) is 8.61. The first-order valence-electron chi connectivity index (χ1n) is 8.61. The van der Waals surface area contributed by atoms with Crippen molar-refractivity contribution in [2.45, 2.75) is 39.7 Å². The number of likely N-dealkylation sites (tertiary alicyclic amines) is 2. The first kappa shape index (κ1) is 15.5. The maximum atomic E-state index is 12.4. The van der Waals surface area contributed by atoms with Crippen molar-refractivity contribution in [1.29, 1.82) is 0 Å². The van der Waals surface area contributed by atoms with Crippen molar-refractivity contribution in [2.24, 2.45) is 11.8 Å². The summed E-state index contributed by atoms with van der Waals surface area (Å²) in [6.45, 7) is 9.55. The molecule has 0 radical (unpaired) electrons. The zero-order valence-corrected chi connectivity index (χ0v) is 13.8. The van der Waals surface area contributed by atoms with Crippen LogP contribution < -0.4 is 0 Å². The molecule has 22 heavy (non-hydrogen) atoms. The molecule has 1 aromatic rings. The molecule has 120 valence electrons. The van der Waals surface area contributed by atoms with Crippen LogP contribution in [-0.4, -0.2) is 46.9 Å². The minimum absolute atomic E-state index is 0.0980. The quantitative estimate of drug-likeness (QED) is 0.858. The third kappa shape index (κ3) is 3.49. The van der Waals surface area contributed by atoms with E-state index in [4.69, 9.17) is 0 Å². The smallest absolute Gasteiger partial charge is 0.272 e. The Morgan fingerprint density at radius 3 is 2.73 bits per heavy atom. The van der Waals surface area contributed by atoms with Gasteiger partial charge < -0.3 is 4.90 Å². The van der Waals surface area contributed by atoms with E-state index >= 15 is 0 Å². The fourth-order valence-electron chi connectivity index (χ4n) is 3.55. The van der Waals surface area contributed by atoms with Crippen LogP contribution in [0.2, 0.25) is 0 Å². The maximum Gasteiger partial charge on any atom is 0.272 e. The summed E-state index contributed by atoms with van der Waals surface area (Å²) in [6.07, 6.45) is 3.52. The number of nitrogens with zero attached hydrogens (tertiary/aromatic N) is 3. The fraction of sp³-hybridized carbons (Fsp3) is 0.667. The molecule has 4 heteroatoms. The molecule has 0 aliphatic carbocycles. The molecular weight excluding hydrogens is 274 g/mol. The number of aromatic nitrogens is 1. The molecule has 1 atom stereocenters. The molecular formula is C18H27N3O. The number of pyridine rings is 1. The predicted octanol–water partition coefficient (Wildman–Crippen LogP) is 2.80. The number of carbonyl (C=O) groups is 1. The molecule has 0 spiro atoms. The highest BCUT2D eigenvalue weighted by atomic mass is 16.2. The summed E-state index contributed by atoms with van der Waals surface area (Å²) in [7, 11) is 0. The van der Waals surface area contributed by atoms with Gasteiger partial charge in [-0.25, -0.2) is 4.98 Å². The molecule has 0 unspecified atom stereocenters. The van der Waals surface area contributed by atoms with E-state index in [-0.39, 0.29) is 5.91 Å². The number of hydrogen-bond donors (Lipinski definition) is 0. The number of rotatable bonds is 4. The molecule has 3 heterocycles. The molecule has 2 saturated heterocycles. The third-order valence-corrected chi connectivity index (χ3v) is 5.06. The highest BCUT2D eigenvalue weighted by Gasteiger charge is 2.25. The van der Waals surface area contributed by atoms with Gasteiger partial charge >= 0.3 is 0 Å². The van der Waals surface area contributed by atoms with Crippen LogP contribution in [0.1, 0.15) is 49.3 Å². The van der Waals surface area contributed by atoms with Crippen LogP contribution in [0.15, 0.2) is 18.2 Å². The van der Waals surface area contributed by atoms with Gasteiger partial charge in [0, 0.05) is 26.2 Å². The Bertz CT molecular complexity index is 523. The molecule has 2 aliphatic rings. The minimum Gasteiger partial charge on any atom is -0.337 e. The van der Waals surface area contributed by atoms with Crippen molar-refractivity contribution in [2.75, 3.05) is 26.2 Å². The van der Waals surface area contributed by atoms with Crippen molar-refractivity contribution >= 4 is 5.91 Å². The van der Waals surface area contributed by atoms with Crippen LogP contribution in [0.3, 0.4) is 0 Å². The highest BCUT2D eigenvalue weighted by molar-refractivity contribution is 5.92. The van der Waals surface area contributed by atoms with Crippen LogP contribution in [0.5, 0.6) is 0 Å². The zero-order valence-electron chi connectivity index (χ0n) is 13.8. The van der Waals surface area contributed by atoms with Crippen molar-refractivity contribution in [3.63, 3.8) is 0 Å². The molecule has 0 bridgehead atoms. The fourth-order valence-corrected chi connectivity index (χ4v) is 3.55. The Morgan fingerprint density at radius 1 is 1.27 bits per heavy atom. The largest absolute Gasteiger partial charge is 0.337 e. The molecule has 0 N–H and O–H groups in total. The summed E-state index contributed by atoms with van der Waals surface area (Å²) in [5.41, 5.74) is 1.63. The Balaban J connectivity index is 1.63. The second-order valence-electron chi connectivity index (χ2n) is 7.04. The summed E-state index contributed by atoms with van der Waals surface area (Å²) < 4.78 is 0. The topological polar surface area (TPSA) is 36.4 Å². The molecule has 4 nitrogen and oxygen atoms in total. The van der Waals surface area contributed by atoms with Gasteiger partial charge in [-0.1, -0.05) is 19.9 Å². The van der Waals surface area contributed by atoms with E-state index in [1.54, 1.807) is 0 Å². The average molecular weight is 301 g/mol. The monoisotopic (exact) mass is 301 g/mol. The average Bonchev–Trinajstić information content (AvgIpc) is 3.18. The lowest BCUT2D eigenvalue weighted by atomic mass is 9.95. The summed E-state index contributed by atoms with van der Waals surface area (Å²) in [4.78, 5) is 21.4. The van der Waals surface area contributed by atoms with E-state index in [1.807, 2.05) is 23.1 Å². The van der Waals surface area contributed by atoms with E-state index in [1.165, 1.54) is 6.42 Å². The Labute approximate surface area is 133 Å². The van der Waals surface area contributed by atoms with E-state index in [9.17, 15) is 4.79 Å². The van der Waals surface area contributed by atoms with Gasteiger partial charge in [0.25, 0.3) is 5.91 Å². The number of amides is 1. The van der Waals surface area contributed by atoms with Crippen molar-refractivity contribution < 1.29 is 4.79 Å².